The minimum absolute atomic E-state index is 0.197. The number of allylic oxidation sites excluding steroid dienone is 1. The Balaban J connectivity index is 1.55. The normalized spacial score (nSPS) is 14.9. The van der Waals surface area contributed by atoms with E-state index in [-0.39, 0.29) is 23.8 Å². The van der Waals surface area contributed by atoms with Crippen LogP contribution in [-0.2, 0) is 16.1 Å². The summed E-state index contributed by atoms with van der Waals surface area (Å²) in [6, 6.07) is 20.0. The van der Waals surface area contributed by atoms with Crippen LogP contribution in [0.5, 0.6) is 5.75 Å². The van der Waals surface area contributed by atoms with Gasteiger partial charge >= 0.3 is 11.9 Å². The SMILES string of the molecule is CC1=C(C(=O)OC(C)C)[C@H](c2ccc(Cl)cc2)n2c(s/c(=C\c3ccccc3OCc3ccc(C(=O)O)cc3)c2=O)=N1. The number of aromatic carboxylic acids is 1. The zero-order valence-electron chi connectivity index (χ0n) is 23.0. The van der Waals surface area contributed by atoms with E-state index in [1.54, 1.807) is 69.3 Å². The van der Waals surface area contributed by atoms with Gasteiger partial charge in [0.05, 0.1) is 33.5 Å². The van der Waals surface area contributed by atoms with Crippen molar-refractivity contribution in [3.8, 4) is 5.75 Å². The Morgan fingerprint density at radius 2 is 1.76 bits per heavy atom. The Labute approximate surface area is 250 Å². The third kappa shape index (κ3) is 6.07. The van der Waals surface area contributed by atoms with Gasteiger partial charge in [0.15, 0.2) is 4.80 Å². The molecule has 0 aliphatic carbocycles. The molecule has 3 aromatic carbocycles. The van der Waals surface area contributed by atoms with Gasteiger partial charge in [0.1, 0.15) is 12.4 Å². The summed E-state index contributed by atoms with van der Waals surface area (Å²) < 4.78 is 13.5. The molecule has 1 aliphatic heterocycles. The number of esters is 1. The molecule has 214 valence electrons. The molecule has 0 radical (unpaired) electrons. The molecule has 0 unspecified atom stereocenters. The number of aromatic nitrogens is 1. The van der Waals surface area contributed by atoms with Gasteiger partial charge in [-0.3, -0.25) is 9.36 Å². The van der Waals surface area contributed by atoms with Gasteiger partial charge in [0, 0.05) is 10.6 Å². The second-order valence-corrected chi connectivity index (χ2v) is 11.4. The summed E-state index contributed by atoms with van der Waals surface area (Å²) in [5, 5.41) is 9.66. The number of thiazole rings is 1. The maximum Gasteiger partial charge on any atom is 0.338 e. The summed E-state index contributed by atoms with van der Waals surface area (Å²) in [5.41, 5.74) is 2.85. The van der Waals surface area contributed by atoms with Crippen molar-refractivity contribution in [3.05, 3.63) is 131 Å². The number of carboxylic acids is 1. The standard InChI is InChI=1S/C32H27ClN2O6S/c1-18(2)41-31(39)27-19(3)34-32-35(28(27)21-12-14-24(33)15-13-21)29(36)26(42-32)16-23-6-4-5-7-25(23)40-17-20-8-10-22(11-9-20)30(37)38/h4-16,18,28H,17H2,1-3H3,(H,37,38)/b26-16-/t28-/m0/s1. The van der Waals surface area contributed by atoms with Gasteiger partial charge in [0.25, 0.3) is 5.56 Å². The molecular weight excluding hydrogens is 576 g/mol. The predicted octanol–water partition coefficient (Wildman–Crippen LogP) is 5.12. The molecule has 0 saturated carbocycles. The second kappa shape index (κ2) is 12.2. The third-order valence-electron chi connectivity index (χ3n) is 6.57. The van der Waals surface area contributed by atoms with Crippen LogP contribution in [0.2, 0.25) is 5.02 Å². The van der Waals surface area contributed by atoms with Gasteiger partial charge in [-0.05, 0) is 68.3 Å². The predicted molar refractivity (Wildman–Crippen MR) is 161 cm³/mol. The van der Waals surface area contributed by atoms with E-state index in [4.69, 9.17) is 26.2 Å². The van der Waals surface area contributed by atoms with Gasteiger partial charge < -0.3 is 14.6 Å². The van der Waals surface area contributed by atoms with Crippen molar-refractivity contribution in [1.82, 2.24) is 4.57 Å². The number of benzene rings is 3. The van der Waals surface area contributed by atoms with Gasteiger partial charge in [-0.1, -0.05) is 65.4 Å². The van der Waals surface area contributed by atoms with E-state index >= 15 is 0 Å². The van der Waals surface area contributed by atoms with Crippen LogP contribution in [0.15, 0.2) is 93.9 Å². The quantitative estimate of drug-likeness (QED) is 0.281. The number of hydrogen-bond acceptors (Lipinski definition) is 7. The number of fused-ring (bicyclic) bond motifs is 1. The van der Waals surface area contributed by atoms with E-state index in [2.05, 4.69) is 4.99 Å². The third-order valence-corrected chi connectivity index (χ3v) is 7.81. The molecule has 0 fully saturated rings. The summed E-state index contributed by atoms with van der Waals surface area (Å²) in [6.07, 6.45) is 1.40. The molecule has 0 saturated heterocycles. The Hall–Kier alpha value is -4.47. The van der Waals surface area contributed by atoms with Crippen molar-refractivity contribution in [3.63, 3.8) is 0 Å². The molecule has 5 rings (SSSR count). The van der Waals surface area contributed by atoms with E-state index in [0.717, 1.165) is 5.56 Å². The van der Waals surface area contributed by atoms with E-state index in [9.17, 15) is 14.4 Å². The van der Waals surface area contributed by atoms with E-state index in [0.29, 0.717) is 42.5 Å². The number of halogens is 1. The van der Waals surface area contributed by atoms with Crippen molar-refractivity contribution in [1.29, 1.82) is 0 Å². The first-order valence-corrected chi connectivity index (χ1v) is 14.3. The van der Waals surface area contributed by atoms with E-state index < -0.39 is 18.0 Å². The van der Waals surface area contributed by atoms with Crippen molar-refractivity contribution in [2.75, 3.05) is 0 Å². The molecule has 0 amide bonds. The van der Waals surface area contributed by atoms with Crippen LogP contribution in [0.3, 0.4) is 0 Å². The molecular formula is C32H27ClN2O6S. The molecule has 1 atom stereocenters. The lowest BCUT2D eigenvalue weighted by molar-refractivity contribution is -0.143. The van der Waals surface area contributed by atoms with Gasteiger partial charge in [0.2, 0.25) is 0 Å². The van der Waals surface area contributed by atoms with Crippen LogP contribution in [0, 0.1) is 0 Å². The summed E-state index contributed by atoms with van der Waals surface area (Å²) in [4.78, 5) is 43.4. The molecule has 2 heterocycles. The highest BCUT2D eigenvalue weighted by atomic mass is 35.5. The zero-order valence-corrected chi connectivity index (χ0v) is 24.6. The Morgan fingerprint density at radius 1 is 1.07 bits per heavy atom. The van der Waals surface area contributed by atoms with E-state index in [1.165, 1.54) is 28.0 Å². The van der Waals surface area contributed by atoms with Crippen molar-refractivity contribution >= 4 is 41.0 Å². The summed E-state index contributed by atoms with van der Waals surface area (Å²) in [5.74, 6) is -0.973. The van der Waals surface area contributed by atoms with Crippen LogP contribution in [0.25, 0.3) is 6.08 Å². The number of nitrogens with zero attached hydrogens (tertiary/aromatic N) is 2. The second-order valence-electron chi connectivity index (χ2n) is 9.92. The molecule has 0 bridgehead atoms. The average molecular weight is 603 g/mol. The first-order valence-electron chi connectivity index (χ1n) is 13.2. The van der Waals surface area contributed by atoms with Crippen LogP contribution in [0.1, 0.15) is 53.9 Å². The lowest BCUT2D eigenvalue weighted by atomic mass is 9.96. The number of carbonyl (C=O) groups excluding carboxylic acids is 1. The Morgan fingerprint density at radius 3 is 2.43 bits per heavy atom. The maximum absolute atomic E-state index is 13.9. The monoisotopic (exact) mass is 602 g/mol. The van der Waals surface area contributed by atoms with Crippen molar-refractivity contribution < 1.29 is 24.2 Å². The van der Waals surface area contributed by atoms with Crippen LogP contribution < -0.4 is 19.6 Å². The lowest BCUT2D eigenvalue weighted by Crippen LogP contribution is -2.40. The van der Waals surface area contributed by atoms with E-state index in [1.807, 2.05) is 18.2 Å². The number of ether oxygens (including phenoxy) is 2. The molecule has 0 spiro atoms. The molecule has 42 heavy (non-hydrogen) atoms. The minimum atomic E-state index is -0.994. The maximum atomic E-state index is 13.9. The largest absolute Gasteiger partial charge is 0.488 e. The van der Waals surface area contributed by atoms with Gasteiger partial charge in [-0.15, -0.1) is 0 Å². The number of carbonyl (C=O) groups is 2. The first kappa shape index (κ1) is 29.0. The molecule has 8 nitrogen and oxygen atoms in total. The van der Waals surface area contributed by atoms with Gasteiger partial charge in [-0.25, -0.2) is 14.6 Å². The van der Waals surface area contributed by atoms with Crippen molar-refractivity contribution in [2.45, 2.75) is 39.5 Å². The van der Waals surface area contributed by atoms with Crippen molar-refractivity contribution in [2.24, 2.45) is 4.99 Å². The summed E-state index contributed by atoms with van der Waals surface area (Å²) >= 11 is 7.36. The molecule has 4 aromatic rings. The average Bonchev–Trinajstić information content (AvgIpc) is 3.26. The summed E-state index contributed by atoms with van der Waals surface area (Å²) in [7, 11) is 0. The first-order chi connectivity index (χ1) is 20.1. The molecule has 1 aliphatic rings. The highest BCUT2D eigenvalue weighted by Crippen LogP contribution is 2.31. The molecule has 1 N–H and O–H groups in total. The highest BCUT2D eigenvalue weighted by Gasteiger charge is 2.33. The van der Waals surface area contributed by atoms with Crippen LogP contribution >= 0.6 is 22.9 Å². The number of carboxylic acid groups (broad SMARTS) is 1. The summed E-state index contributed by atoms with van der Waals surface area (Å²) in [6.45, 7) is 5.49. The minimum Gasteiger partial charge on any atom is -0.488 e. The Bertz CT molecular complexity index is 1870. The number of para-hydroxylation sites is 1. The molecule has 10 heteroatoms. The fourth-order valence-electron chi connectivity index (χ4n) is 4.60. The molecule has 1 aromatic heterocycles. The fraction of sp³-hybridized carbons (Fsp3) is 0.188. The number of hydrogen-bond donors (Lipinski definition) is 1. The van der Waals surface area contributed by atoms with Gasteiger partial charge in [-0.2, -0.15) is 0 Å². The lowest BCUT2D eigenvalue weighted by Gasteiger charge is -2.25. The zero-order chi connectivity index (χ0) is 30.0. The highest BCUT2D eigenvalue weighted by molar-refractivity contribution is 7.07. The topological polar surface area (TPSA) is 107 Å². The number of rotatable bonds is 8. The fourth-order valence-corrected chi connectivity index (χ4v) is 5.76. The van der Waals surface area contributed by atoms with Crippen LogP contribution in [-0.4, -0.2) is 27.7 Å². The smallest absolute Gasteiger partial charge is 0.338 e. The van der Waals surface area contributed by atoms with Crippen LogP contribution in [0.4, 0.5) is 0 Å². The Kier molecular flexibility index (Phi) is 8.42.